The van der Waals surface area contributed by atoms with E-state index < -0.39 is 24.1 Å². The fraction of sp³-hybridized carbons (Fsp3) is 0.208. The van der Waals surface area contributed by atoms with E-state index in [-0.39, 0.29) is 39.0 Å². The smallest absolute Gasteiger partial charge is 0.374 e. The molecular formula is C24H15Cl2F3N4O2S2. The molecule has 4 rings (SSSR count). The molecule has 0 aliphatic carbocycles. The average molecular weight is 583 g/mol. The topological polar surface area (TPSA) is 87.4 Å². The minimum atomic E-state index is -4.91. The third-order valence-electron chi connectivity index (χ3n) is 5.80. The number of pyridine rings is 1. The van der Waals surface area contributed by atoms with Gasteiger partial charge >= 0.3 is 6.18 Å². The van der Waals surface area contributed by atoms with Crippen molar-refractivity contribution in [3.05, 3.63) is 75.0 Å². The summed E-state index contributed by atoms with van der Waals surface area (Å²) in [6.07, 6.45) is -0.891. The Labute approximate surface area is 228 Å². The van der Waals surface area contributed by atoms with Crippen molar-refractivity contribution in [3.63, 3.8) is 0 Å². The van der Waals surface area contributed by atoms with E-state index in [2.05, 4.69) is 15.5 Å². The van der Waals surface area contributed by atoms with E-state index >= 15 is 0 Å². The van der Waals surface area contributed by atoms with E-state index in [4.69, 9.17) is 45.5 Å². The molecule has 0 saturated carbocycles. The number of oxime groups is 1. The number of thiocarbonyl (C=S) groups is 1. The largest absolute Gasteiger partial charge is 0.435 e. The summed E-state index contributed by atoms with van der Waals surface area (Å²) in [5.74, 6) is -0.405. The van der Waals surface area contributed by atoms with E-state index in [9.17, 15) is 18.0 Å². The predicted molar refractivity (Wildman–Crippen MR) is 141 cm³/mol. The molecule has 37 heavy (non-hydrogen) atoms. The summed E-state index contributed by atoms with van der Waals surface area (Å²) in [4.78, 5) is 22.0. The van der Waals surface area contributed by atoms with Gasteiger partial charge in [0.2, 0.25) is 0 Å². The fourth-order valence-electron chi connectivity index (χ4n) is 3.92. The molecule has 190 valence electrons. The summed E-state index contributed by atoms with van der Waals surface area (Å²) in [6.45, 7) is 0.184. The number of rotatable bonds is 5. The highest BCUT2D eigenvalue weighted by atomic mass is 35.5. The van der Waals surface area contributed by atoms with Crippen molar-refractivity contribution in [2.24, 2.45) is 5.16 Å². The number of thioether (sulfide) groups is 1. The molecule has 3 aromatic rings. The van der Waals surface area contributed by atoms with Gasteiger partial charge in [0.15, 0.2) is 0 Å². The van der Waals surface area contributed by atoms with Crippen molar-refractivity contribution in [1.29, 1.82) is 5.26 Å². The number of aromatic nitrogens is 1. The number of carbonyl (C=O) groups is 1. The number of hydrogen-bond donors (Lipinski definition) is 1. The molecule has 0 bridgehead atoms. The lowest BCUT2D eigenvalue weighted by molar-refractivity contribution is -0.275. The van der Waals surface area contributed by atoms with Gasteiger partial charge in [0.1, 0.15) is 6.07 Å². The molecule has 13 heteroatoms. The zero-order chi connectivity index (χ0) is 27.0. The number of halogens is 5. The van der Waals surface area contributed by atoms with Gasteiger partial charge in [-0.1, -0.05) is 46.6 Å². The maximum atomic E-state index is 14.5. The van der Waals surface area contributed by atoms with Gasteiger partial charge in [0.25, 0.3) is 11.5 Å². The lowest BCUT2D eigenvalue weighted by atomic mass is 9.85. The van der Waals surface area contributed by atoms with Gasteiger partial charge in [0.05, 0.1) is 32.1 Å². The van der Waals surface area contributed by atoms with Crippen molar-refractivity contribution < 1.29 is 22.8 Å². The molecule has 2 aromatic carbocycles. The second-order valence-electron chi connectivity index (χ2n) is 7.90. The van der Waals surface area contributed by atoms with Crippen LogP contribution in [0.15, 0.2) is 47.9 Å². The molecule has 6 nitrogen and oxygen atoms in total. The zero-order valence-corrected chi connectivity index (χ0v) is 22.0. The molecule has 1 atom stereocenters. The van der Waals surface area contributed by atoms with Gasteiger partial charge in [-0.25, -0.2) is 0 Å². The van der Waals surface area contributed by atoms with Crippen LogP contribution >= 0.6 is 47.2 Å². The SMILES string of the molecule is CSC(=S)CNC(=O)c1ccc(C2=NOC(c3cc(Cl)c(C#N)c(Cl)c3)(C(F)(F)F)C2)c2ccncc12. The molecule has 0 fully saturated rings. The molecule has 0 spiro atoms. The average Bonchev–Trinajstić information content (AvgIpc) is 3.33. The molecule has 1 aromatic heterocycles. The van der Waals surface area contributed by atoms with Gasteiger partial charge in [0, 0.05) is 40.9 Å². The number of nitriles is 1. The molecule has 2 heterocycles. The number of benzene rings is 2. The lowest BCUT2D eigenvalue weighted by Crippen LogP contribution is -2.42. The van der Waals surface area contributed by atoms with Crippen molar-refractivity contribution in [1.82, 2.24) is 10.3 Å². The van der Waals surface area contributed by atoms with Gasteiger partial charge in [-0.05, 0) is 35.9 Å². The van der Waals surface area contributed by atoms with E-state index in [0.717, 1.165) is 12.1 Å². The highest BCUT2D eigenvalue weighted by Crippen LogP contribution is 2.50. The Morgan fingerprint density at radius 2 is 1.97 bits per heavy atom. The molecule has 1 aliphatic heterocycles. The Bertz CT molecular complexity index is 1480. The first-order chi connectivity index (χ1) is 17.5. The third-order valence-corrected chi connectivity index (χ3v) is 7.64. The third kappa shape index (κ3) is 4.99. The molecular weight excluding hydrogens is 568 g/mol. The Hall–Kier alpha value is -2.91. The van der Waals surface area contributed by atoms with Crippen molar-refractivity contribution in [2.45, 2.75) is 18.2 Å². The first-order valence-corrected chi connectivity index (χ1v) is 12.8. The minimum absolute atomic E-state index is 0.000601. The number of alkyl halides is 3. The Balaban J connectivity index is 1.75. The Morgan fingerprint density at radius 3 is 2.59 bits per heavy atom. The van der Waals surface area contributed by atoms with E-state index in [0.29, 0.717) is 20.5 Å². The van der Waals surface area contributed by atoms with Crippen LogP contribution in [-0.2, 0) is 10.4 Å². The predicted octanol–water partition coefficient (Wildman–Crippen LogP) is 6.42. The van der Waals surface area contributed by atoms with Gasteiger partial charge in [-0.3, -0.25) is 9.78 Å². The summed E-state index contributed by atoms with van der Waals surface area (Å²) in [7, 11) is 0. The number of amides is 1. The molecule has 0 saturated heterocycles. The first kappa shape index (κ1) is 27.1. The summed E-state index contributed by atoms with van der Waals surface area (Å²) < 4.78 is 44.0. The van der Waals surface area contributed by atoms with E-state index in [1.165, 1.54) is 36.3 Å². The molecule has 0 radical (unpaired) electrons. The minimum Gasteiger partial charge on any atom is -0.374 e. The number of nitrogens with one attached hydrogen (secondary N) is 1. The standard InChI is InChI=1S/C24H15Cl2F3N4O2S2/c1-37-21(36)11-32-22(34)15-3-2-14(13-4-5-31-10-17(13)15)20-8-23(35-33-20,24(27,28)29)12-6-18(25)16(9-30)19(26)7-12/h2-7,10H,8,11H2,1H3,(H,32,34). The summed E-state index contributed by atoms with van der Waals surface area (Å²) in [6, 6.07) is 8.35. The van der Waals surface area contributed by atoms with Crippen molar-refractivity contribution in [2.75, 3.05) is 12.8 Å². The fourth-order valence-corrected chi connectivity index (χ4v) is 4.78. The molecule has 1 unspecified atom stereocenters. The molecule has 1 amide bonds. The van der Waals surface area contributed by atoms with Crippen LogP contribution in [-0.4, -0.2) is 39.8 Å². The van der Waals surface area contributed by atoms with Gasteiger partial charge in [-0.2, -0.15) is 18.4 Å². The van der Waals surface area contributed by atoms with E-state index in [1.807, 2.05) is 0 Å². The second-order valence-corrected chi connectivity index (χ2v) is 10.4. The lowest BCUT2D eigenvalue weighted by Gasteiger charge is -2.30. The number of nitrogens with zero attached hydrogens (tertiary/aromatic N) is 3. The molecule has 1 N–H and O–H groups in total. The van der Waals surface area contributed by atoms with Crippen molar-refractivity contribution in [3.8, 4) is 6.07 Å². The maximum absolute atomic E-state index is 14.5. The Kier molecular flexibility index (Phi) is 7.67. The highest BCUT2D eigenvalue weighted by Gasteiger charge is 2.62. The summed E-state index contributed by atoms with van der Waals surface area (Å²) in [5.41, 5.74) is -2.80. The van der Waals surface area contributed by atoms with Gasteiger partial charge < -0.3 is 10.2 Å². The van der Waals surface area contributed by atoms with Crippen LogP contribution in [0, 0.1) is 11.3 Å². The highest BCUT2D eigenvalue weighted by molar-refractivity contribution is 8.22. The number of hydrogen-bond acceptors (Lipinski definition) is 7. The van der Waals surface area contributed by atoms with Gasteiger partial charge in [-0.15, -0.1) is 11.8 Å². The molecule has 1 aliphatic rings. The monoisotopic (exact) mass is 582 g/mol. The van der Waals surface area contributed by atoms with Crippen LogP contribution in [0.3, 0.4) is 0 Å². The second kappa shape index (κ2) is 10.5. The summed E-state index contributed by atoms with van der Waals surface area (Å²) >= 11 is 18.5. The number of fused-ring (bicyclic) bond motifs is 1. The normalized spacial score (nSPS) is 17.2. The van der Waals surface area contributed by atoms with Crippen LogP contribution in [0.25, 0.3) is 10.8 Å². The van der Waals surface area contributed by atoms with Crippen LogP contribution in [0.4, 0.5) is 13.2 Å². The van der Waals surface area contributed by atoms with Crippen LogP contribution in [0.2, 0.25) is 10.0 Å². The first-order valence-electron chi connectivity index (χ1n) is 10.5. The summed E-state index contributed by atoms with van der Waals surface area (Å²) in [5, 5.41) is 16.1. The van der Waals surface area contributed by atoms with Crippen LogP contribution < -0.4 is 5.32 Å². The van der Waals surface area contributed by atoms with Crippen molar-refractivity contribution >= 4 is 73.8 Å². The van der Waals surface area contributed by atoms with Crippen LogP contribution in [0.1, 0.15) is 33.5 Å². The zero-order valence-electron chi connectivity index (χ0n) is 18.8. The number of carbonyl (C=O) groups excluding carboxylic acids is 1. The van der Waals surface area contributed by atoms with Crippen LogP contribution in [0.5, 0.6) is 0 Å². The van der Waals surface area contributed by atoms with E-state index in [1.54, 1.807) is 18.4 Å². The Morgan fingerprint density at radius 1 is 1.27 bits per heavy atom. The quantitative estimate of drug-likeness (QED) is 0.349. The maximum Gasteiger partial charge on any atom is 0.435 e.